The minimum atomic E-state index is -3.71. The number of nitrogens with zero attached hydrogens (tertiary/aromatic N) is 4. The van der Waals surface area contributed by atoms with Crippen molar-refractivity contribution in [2.45, 2.75) is 35.8 Å². The molecule has 2 unspecified atom stereocenters. The number of hydrogen-bond donors (Lipinski definition) is 0. The van der Waals surface area contributed by atoms with Crippen molar-refractivity contribution in [2.24, 2.45) is 0 Å². The van der Waals surface area contributed by atoms with Crippen molar-refractivity contribution in [3.8, 4) is 16.9 Å². The number of carbonyl (C=O) groups is 1. The fraction of sp³-hybridized carbons (Fsp3) is 0.407. The Balaban J connectivity index is 1.32. The van der Waals surface area contributed by atoms with Gasteiger partial charge in [0, 0.05) is 42.3 Å². The van der Waals surface area contributed by atoms with Crippen LogP contribution in [-0.2, 0) is 31.6 Å². The molecule has 0 radical (unpaired) electrons. The van der Waals surface area contributed by atoms with E-state index in [1.165, 1.54) is 6.07 Å². The molecule has 1 aromatic heterocycles. The predicted octanol–water partition coefficient (Wildman–Crippen LogP) is 2.93. The van der Waals surface area contributed by atoms with Crippen LogP contribution in [-0.4, -0.2) is 85.5 Å². The van der Waals surface area contributed by atoms with Crippen LogP contribution < -0.4 is 0 Å². The molecule has 4 heterocycles. The first-order chi connectivity index (χ1) is 18.4. The van der Waals surface area contributed by atoms with E-state index in [2.05, 4.69) is 17.0 Å². The Morgan fingerprint density at radius 1 is 1.05 bits per heavy atom. The Kier molecular flexibility index (Phi) is 5.86. The summed E-state index contributed by atoms with van der Waals surface area (Å²) in [5.74, 6) is -0.544. The van der Waals surface area contributed by atoms with Gasteiger partial charge in [0.15, 0.2) is 15.5 Å². The maximum absolute atomic E-state index is 13.8. The predicted molar refractivity (Wildman–Crippen MR) is 140 cm³/mol. The monoisotopic (exact) mass is 554 g/mol. The van der Waals surface area contributed by atoms with E-state index in [0.717, 1.165) is 50.5 Å². The molecule has 1 saturated carbocycles. The van der Waals surface area contributed by atoms with E-state index in [1.54, 1.807) is 21.7 Å². The smallest absolute Gasteiger partial charge is 0.275 e. The molecule has 0 N–H and O–H groups in total. The molecule has 4 aliphatic rings. The van der Waals surface area contributed by atoms with Gasteiger partial charge in [0.1, 0.15) is 0 Å². The highest BCUT2D eigenvalue weighted by atomic mass is 35.5. The van der Waals surface area contributed by atoms with Crippen LogP contribution in [0.4, 0.5) is 0 Å². The van der Waals surface area contributed by atoms with Gasteiger partial charge in [-0.2, -0.15) is 5.10 Å². The van der Waals surface area contributed by atoms with Crippen LogP contribution >= 0.6 is 11.6 Å². The van der Waals surface area contributed by atoms with E-state index < -0.39 is 9.84 Å². The number of halogens is 1. The molecular weight excluding hydrogens is 528 g/mol. The van der Waals surface area contributed by atoms with Crippen molar-refractivity contribution >= 4 is 27.3 Å². The molecule has 198 valence electrons. The van der Waals surface area contributed by atoms with Crippen molar-refractivity contribution in [1.82, 2.24) is 19.6 Å². The van der Waals surface area contributed by atoms with Gasteiger partial charge < -0.3 is 14.4 Å². The third-order valence-electron chi connectivity index (χ3n) is 7.77. The Morgan fingerprint density at radius 3 is 2.63 bits per heavy atom. The molecule has 7 rings (SSSR count). The molecule has 2 atom stereocenters. The molecule has 3 fully saturated rings. The van der Waals surface area contributed by atoms with Gasteiger partial charge in [-0.15, -0.1) is 0 Å². The number of benzene rings is 2. The van der Waals surface area contributed by atoms with Crippen LogP contribution in [0.2, 0.25) is 5.02 Å². The topological polar surface area (TPSA) is 94.0 Å². The Morgan fingerprint density at radius 2 is 1.84 bits per heavy atom. The largest absolute Gasteiger partial charge is 0.379 e. The first-order valence-corrected chi connectivity index (χ1v) is 14.9. The summed E-state index contributed by atoms with van der Waals surface area (Å²) in [7, 11) is -3.71. The van der Waals surface area contributed by atoms with Gasteiger partial charge in [-0.05, 0) is 36.2 Å². The molecule has 11 heteroatoms. The van der Waals surface area contributed by atoms with Crippen molar-refractivity contribution in [3.63, 3.8) is 0 Å². The number of morpholine rings is 2. The van der Waals surface area contributed by atoms with Gasteiger partial charge in [0.05, 0.1) is 54.0 Å². The lowest BCUT2D eigenvalue weighted by atomic mass is 10.0. The second-order valence-electron chi connectivity index (χ2n) is 10.3. The number of ether oxygens (including phenoxy) is 2. The Hall–Kier alpha value is -2.76. The summed E-state index contributed by atoms with van der Waals surface area (Å²) in [6, 6.07) is 12.9. The number of amides is 1. The summed E-state index contributed by atoms with van der Waals surface area (Å²) in [5.41, 5.74) is 3.68. The van der Waals surface area contributed by atoms with Crippen LogP contribution in [0, 0.1) is 0 Å². The fourth-order valence-electron chi connectivity index (χ4n) is 5.72. The van der Waals surface area contributed by atoms with Crippen LogP contribution in [0.5, 0.6) is 0 Å². The normalized spacial score (nSPS) is 23.9. The van der Waals surface area contributed by atoms with Gasteiger partial charge in [0.2, 0.25) is 0 Å². The lowest BCUT2D eigenvalue weighted by molar-refractivity contribution is 0.0258. The van der Waals surface area contributed by atoms with Crippen molar-refractivity contribution in [3.05, 3.63) is 64.3 Å². The molecule has 9 nitrogen and oxygen atoms in total. The summed E-state index contributed by atoms with van der Waals surface area (Å²) in [6.45, 7) is 5.05. The summed E-state index contributed by atoms with van der Waals surface area (Å²) in [4.78, 5) is 18.1. The SMILES string of the molecule is O=C(c1nn(-c2ccc(CN3CCOCC3)cc2)c2c1CS(=O)(=O)c1cc(Cl)ccc1-2)N1CCOC2CC21. The first-order valence-electron chi connectivity index (χ1n) is 12.9. The summed E-state index contributed by atoms with van der Waals surface area (Å²) in [5, 5.41) is 5.13. The molecule has 2 saturated heterocycles. The van der Waals surface area contributed by atoms with Crippen molar-refractivity contribution in [1.29, 1.82) is 0 Å². The number of rotatable bonds is 4. The molecule has 38 heavy (non-hydrogen) atoms. The van der Waals surface area contributed by atoms with Crippen LogP contribution in [0.15, 0.2) is 47.4 Å². The van der Waals surface area contributed by atoms with Gasteiger partial charge in [-0.3, -0.25) is 9.69 Å². The van der Waals surface area contributed by atoms with Crippen LogP contribution in [0.3, 0.4) is 0 Å². The zero-order valence-corrected chi connectivity index (χ0v) is 22.2. The quantitative estimate of drug-likeness (QED) is 0.489. The third kappa shape index (κ3) is 4.15. The summed E-state index contributed by atoms with van der Waals surface area (Å²) < 4.78 is 39.5. The average molecular weight is 555 g/mol. The summed E-state index contributed by atoms with van der Waals surface area (Å²) >= 11 is 6.19. The lowest BCUT2D eigenvalue weighted by Gasteiger charge is -2.26. The maximum Gasteiger partial charge on any atom is 0.275 e. The molecule has 3 aromatic rings. The minimum absolute atomic E-state index is 0.0304. The molecular formula is C27H27ClN4O5S. The van der Waals surface area contributed by atoms with E-state index in [4.69, 9.17) is 26.2 Å². The van der Waals surface area contributed by atoms with E-state index in [9.17, 15) is 13.2 Å². The minimum Gasteiger partial charge on any atom is -0.379 e. The van der Waals surface area contributed by atoms with Gasteiger partial charge >= 0.3 is 0 Å². The number of sulfone groups is 1. The maximum atomic E-state index is 13.8. The third-order valence-corrected chi connectivity index (χ3v) is 9.68. The van der Waals surface area contributed by atoms with Crippen LogP contribution in [0.25, 0.3) is 16.9 Å². The fourth-order valence-corrected chi connectivity index (χ4v) is 7.57. The van der Waals surface area contributed by atoms with Crippen molar-refractivity contribution < 1.29 is 22.7 Å². The Labute approximate surface area is 225 Å². The zero-order chi connectivity index (χ0) is 26.0. The van der Waals surface area contributed by atoms with Gasteiger partial charge in [0.25, 0.3) is 5.91 Å². The summed E-state index contributed by atoms with van der Waals surface area (Å²) in [6.07, 6.45) is 0.870. The highest BCUT2D eigenvalue weighted by Gasteiger charge is 2.49. The number of aromatic nitrogens is 2. The van der Waals surface area contributed by atoms with E-state index in [0.29, 0.717) is 35.0 Å². The van der Waals surface area contributed by atoms with E-state index in [1.807, 2.05) is 12.1 Å². The second-order valence-corrected chi connectivity index (χ2v) is 12.6. The van der Waals surface area contributed by atoms with Crippen molar-refractivity contribution in [2.75, 3.05) is 39.5 Å². The molecule has 1 aliphatic carbocycles. The number of hydrogen-bond acceptors (Lipinski definition) is 7. The highest BCUT2D eigenvalue weighted by Crippen LogP contribution is 2.43. The second kappa shape index (κ2) is 9.17. The van der Waals surface area contributed by atoms with Gasteiger partial charge in [-0.25, -0.2) is 13.1 Å². The zero-order valence-electron chi connectivity index (χ0n) is 20.7. The molecule has 2 aromatic carbocycles. The van der Waals surface area contributed by atoms with E-state index in [-0.39, 0.29) is 34.4 Å². The van der Waals surface area contributed by atoms with Crippen LogP contribution in [0.1, 0.15) is 28.0 Å². The Bertz CT molecular complexity index is 1530. The number of fused-ring (bicyclic) bond motifs is 4. The van der Waals surface area contributed by atoms with E-state index >= 15 is 0 Å². The number of carbonyl (C=O) groups excluding carboxylic acids is 1. The van der Waals surface area contributed by atoms with Gasteiger partial charge in [-0.1, -0.05) is 29.8 Å². The first kappa shape index (κ1) is 24.3. The highest BCUT2D eigenvalue weighted by molar-refractivity contribution is 7.91. The molecule has 0 spiro atoms. The average Bonchev–Trinajstić information content (AvgIpc) is 3.63. The standard InChI is InChI=1S/C27H27ClN4O5S/c28-18-3-6-20-24(13-18)38(34,35)16-21-25(27(33)31-9-12-37-23-14-22(23)31)29-32(26(20)21)19-4-1-17(2-5-19)15-30-7-10-36-11-8-30/h1-6,13,22-23H,7-12,14-16H2. The molecule has 3 aliphatic heterocycles. The molecule has 1 amide bonds. The lowest BCUT2D eigenvalue weighted by Crippen LogP contribution is -2.41. The molecule has 0 bridgehead atoms.